The second kappa shape index (κ2) is 8.40. The molecule has 2 N–H and O–H groups in total. The number of hydrogen-bond acceptors (Lipinski definition) is 4. The van der Waals surface area contributed by atoms with Crippen LogP contribution in [0.25, 0.3) is 0 Å². The first kappa shape index (κ1) is 19.2. The van der Waals surface area contributed by atoms with Crippen LogP contribution in [0.1, 0.15) is 49.5 Å². The molecule has 5 heteroatoms. The molecule has 2 heterocycles. The summed E-state index contributed by atoms with van der Waals surface area (Å²) < 4.78 is 5.94. The number of morpholine rings is 1. The molecule has 3 atom stereocenters. The highest BCUT2D eigenvalue weighted by Crippen LogP contribution is 2.23. The van der Waals surface area contributed by atoms with Crippen molar-refractivity contribution in [3.8, 4) is 0 Å². The monoisotopic (exact) mass is 359 g/mol. The summed E-state index contributed by atoms with van der Waals surface area (Å²) in [7, 11) is 0. The van der Waals surface area contributed by atoms with Gasteiger partial charge in [0.2, 0.25) is 0 Å². The molecule has 144 valence electrons. The summed E-state index contributed by atoms with van der Waals surface area (Å²) >= 11 is 0. The highest BCUT2D eigenvalue weighted by Gasteiger charge is 2.32. The van der Waals surface area contributed by atoms with Gasteiger partial charge in [0.15, 0.2) is 0 Å². The Morgan fingerprint density at radius 1 is 1.35 bits per heavy atom. The summed E-state index contributed by atoms with van der Waals surface area (Å²) in [6.45, 7) is 12.0. The van der Waals surface area contributed by atoms with Crippen molar-refractivity contribution >= 4 is 11.6 Å². The lowest BCUT2D eigenvalue weighted by Crippen LogP contribution is -2.50. The van der Waals surface area contributed by atoms with E-state index >= 15 is 0 Å². The summed E-state index contributed by atoms with van der Waals surface area (Å²) in [4.78, 5) is 15.2. The van der Waals surface area contributed by atoms with E-state index in [-0.39, 0.29) is 12.0 Å². The van der Waals surface area contributed by atoms with E-state index in [0.29, 0.717) is 24.5 Å². The van der Waals surface area contributed by atoms with Crippen molar-refractivity contribution in [1.82, 2.24) is 10.2 Å². The Labute approximate surface area is 157 Å². The molecule has 5 nitrogen and oxygen atoms in total. The van der Waals surface area contributed by atoms with Gasteiger partial charge in [0.05, 0.1) is 12.7 Å². The fraction of sp³-hybridized carbons (Fsp3) is 0.667. The Bertz CT molecular complexity index is 632. The number of carbonyl (C=O) groups excluding carboxylic acids is 1. The van der Waals surface area contributed by atoms with Gasteiger partial charge in [0, 0.05) is 36.4 Å². The van der Waals surface area contributed by atoms with Crippen LogP contribution in [-0.2, 0) is 4.74 Å². The van der Waals surface area contributed by atoms with Gasteiger partial charge in [-0.2, -0.15) is 0 Å². The number of anilines is 1. The fourth-order valence-corrected chi connectivity index (χ4v) is 3.76. The Kier molecular flexibility index (Phi) is 6.20. The molecular formula is C21H33N3O2. The minimum atomic E-state index is -0.0181. The van der Waals surface area contributed by atoms with Crippen LogP contribution in [0.2, 0.25) is 0 Å². The van der Waals surface area contributed by atoms with E-state index in [4.69, 9.17) is 4.74 Å². The van der Waals surface area contributed by atoms with E-state index in [1.807, 2.05) is 25.1 Å². The Morgan fingerprint density at radius 2 is 2.15 bits per heavy atom. The molecule has 26 heavy (non-hydrogen) atoms. The maximum atomic E-state index is 12.7. The van der Waals surface area contributed by atoms with Crippen molar-refractivity contribution in [2.45, 2.75) is 58.7 Å². The van der Waals surface area contributed by atoms with Crippen LogP contribution < -0.4 is 10.6 Å². The van der Waals surface area contributed by atoms with Crippen LogP contribution in [-0.4, -0.2) is 55.2 Å². The van der Waals surface area contributed by atoms with Crippen molar-refractivity contribution in [3.05, 3.63) is 29.3 Å². The Morgan fingerprint density at radius 3 is 2.92 bits per heavy atom. The molecule has 0 aliphatic carbocycles. The second-order valence-corrected chi connectivity index (χ2v) is 8.11. The van der Waals surface area contributed by atoms with Gasteiger partial charge in [0.1, 0.15) is 0 Å². The molecular weight excluding hydrogens is 326 g/mol. The molecule has 2 aliphatic heterocycles. The van der Waals surface area contributed by atoms with Gasteiger partial charge >= 0.3 is 0 Å². The van der Waals surface area contributed by atoms with Crippen molar-refractivity contribution in [3.63, 3.8) is 0 Å². The summed E-state index contributed by atoms with van der Waals surface area (Å²) in [6, 6.07) is 6.84. The quantitative estimate of drug-likeness (QED) is 0.820. The molecule has 2 saturated heterocycles. The van der Waals surface area contributed by atoms with Crippen LogP contribution >= 0.6 is 0 Å². The van der Waals surface area contributed by atoms with Crippen LogP contribution in [0.3, 0.4) is 0 Å². The third-order valence-corrected chi connectivity index (χ3v) is 5.91. The maximum Gasteiger partial charge on any atom is 0.251 e. The lowest BCUT2D eigenvalue weighted by molar-refractivity contribution is -0.0461. The summed E-state index contributed by atoms with van der Waals surface area (Å²) in [6.07, 6.45) is 2.60. The molecule has 2 aliphatic rings. The molecule has 2 fully saturated rings. The largest absolute Gasteiger partial charge is 0.382 e. The van der Waals surface area contributed by atoms with Crippen molar-refractivity contribution in [2.24, 2.45) is 5.92 Å². The normalized spacial score (nSPS) is 24.3. The van der Waals surface area contributed by atoms with Crippen LogP contribution in [0.4, 0.5) is 5.69 Å². The highest BCUT2D eigenvalue weighted by atomic mass is 16.5. The standard InChI is InChI=1S/C21H33N3O2/c1-14(2)16(4)23-20-9-5-8-19(15(20)3)21(25)22-11-18-12-24-10-6-7-17(24)13-26-18/h5,8-9,14,16-18,23H,6-7,10-13H2,1-4H3,(H,22,25). The van der Waals surface area contributed by atoms with E-state index < -0.39 is 0 Å². The van der Waals surface area contributed by atoms with Gasteiger partial charge in [-0.3, -0.25) is 9.69 Å². The minimum Gasteiger partial charge on any atom is -0.382 e. The predicted octanol–water partition coefficient (Wildman–Crippen LogP) is 3.04. The topological polar surface area (TPSA) is 53.6 Å². The average Bonchev–Trinajstić information content (AvgIpc) is 3.09. The van der Waals surface area contributed by atoms with Crippen LogP contribution in [0, 0.1) is 12.8 Å². The van der Waals surface area contributed by atoms with Gasteiger partial charge in [-0.1, -0.05) is 19.9 Å². The summed E-state index contributed by atoms with van der Waals surface area (Å²) in [5.74, 6) is 0.514. The minimum absolute atomic E-state index is 0.0181. The van der Waals surface area contributed by atoms with Crippen molar-refractivity contribution < 1.29 is 9.53 Å². The van der Waals surface area contributed by atoms with Crippen molar-refractivity contribution in [1.29, 1.82) is 0 Å². The van der Waals surface area contributed by atoms with Gasteiger partial charge in [-0.25, -0.2) is 0 Å². The lowest BCUT2D eigenvalue weighted by Gasteiger charge is -2.35. The van der Waals surface area contributed by atoms with Gasteiger partial charge in [-0.15, -0.1) is 0 Å². The molecule has 0 bridgehead atoms. The van der Waals surface area contributed by atoms with Gasteiger partial charge in [-0.05, 0) is 56.8 Å². The molecule has 1 aromatic rings. The number of carbonyl (C=O) groups is 1. The zero-order chi connectivity index (χ0) is 18.7. The average molecular weight is 360 g/mol. The number of benzene rings is 1. The molecule has 0 spiro atoms. The first-order valence-electron chi connectivity index (χ1n) is 9.95. The smallest absolute Gasteiger partial charge is 0.251 e. The summed E-state index contributed by atoms with van der Waals surface area (Å²) in [5, 5.41) is 6.60. The van der Waals surface area contributed by atoms with Crippen molar-refractivity contribution in [2.75, 3.05) is 31.6 Å². The lowest BCUT2D eigenvalue weighted by atomic mass is 10.0. The highest BCUT2D eigenvalue weighted by molar-refractivity contribution is 5.97. The van der Waals surface area contributed by atoms with Crippen LogP contribution in [0.5, 0.6) is 0 Å². The first-order valence-corrected chi connectivity index (χ1v) is 9.95. The molecule has 0 saturated carbocycles. The first-order chi connectivity index (χ1) is 12.5. The number of rotatable bonds is 6. The van der Waals surface area contributed by atoms with Gasteiger partial charge in [0.25, 0.3) is 5.91 Å². The predicted molar refractivity (Wildman–Crippen MR) is 106 cm³/mol. The molecule has 3 unspecified atom stereocenters. The van der Waals surface area contributed by atoms with E-state index in [2.05, 4.69) is 36.3 Å². The number of nitrogens with zero attached hydrogens (tertiary/aromatic N) is 1. The number of hydrogen-bond donors (Lipinski definition) is 2. The number of ether oxygens (including phenoxy) is 1. The Hall–Kier alpha value is -1.59. The molecule has 3 rings (SSSR count). The fourth-order valence-electron chi connectivity index (χ4n) is 3.76. The third kappa shape index (κ3) is 4.38. The van der Waals surface area contributed by atoms with E-state index in [1.54, 1.807) is 0 Å². The number of amides is 1. The zero-order valence-corrected chi connectivity index (χ0v) is 16.5. The third-order valence-electron chi connectivity index (χ3n) is 5.91. The van der Waals surface area contributed by atoms with Gasteiger partial charge < -0.3 is 15.4 Å². The number of nitrogens with one attached hydrogen (secondary N) is 2. The van der Waals surface area contributed by atoms with E-state index in [1.165, 1.54) is 19.4 Å². The molecule has 0 radical (unpaired) electrons. The SMILES string of the molecule is Cc1c(NC(C)C(C)C)cccc1C(=O)NCC1CN2CCCC2CO1. The maximum absolute atomic E-state index is 12.7. The summed E-state index contributed by atoms with van der Waals surface area (Å²) in [5.41, 5.74) is 2.77. The molecule has 1 aromatic carbocycles. The second-order valence-electron chi connectivity index (χ2n) is 8.11. The Balaban J connectivity index is 1.57. The van der Waals surface area contributed by atoms with Crippen LogP contribution in [0.15, 0.2) is 18.2 Å². The van der Waals surface area contributed by atoms with E-state index in [0.717, 1.165) is 30.0 Å². The molecule has 1 amide bonds. The molecule has 0 aromatic heterocycles. The zero-order valence-electron chi connectivity index (χ0n) is 16.5. The van der Waals surface area contributed by atoms with E-state index in [9.17, 15) is 4.79 Å². The number of fused-ring (bicyclic) bond motifs is 1.